The van der Waals surface area contributed by atoms with Gasteiger partial charge in [0.1, 0.15) is 5.75 Å². The molecule has 0 saturated carbocycles. The molecule has 1 amide bonds. The SMILES string of the molecule is O=C(COc1ccc(Br)cc1CO)Nc1ccc(N2CCCCC2)cc1. The fourth-order valence-corrected chi connectivity index (χ4v) is 3.47. The summed E-state index contributed by atoms with van der Waals surface area (Å²) < 4.78 is 6.39. The number of amides is 1. The predicted octanol–water partition coefficient (Wildman–Crippen LogP) is 3.95. The van der Waals surface area contributed by atoms with Crippen LogP contribution in [0.2, 0.25) is 0 Å². The Hall–Kier alpha value is -2.05. The molecule has 1 fully saturated rings. The lowest BCUT2D eigenvalue weighted by atomic mass is 10.1. The Kier molecular flexibility index (Phi) is 6.52. The van der Waals surface area contributed by atoms with Crippen molar-refractivity contribution in [2.75, 3.05) is 29.9 Å². The maximum absolute atomic E-state index is 12.1. The van der Waals surface area contributed by atoms with E-state index in [4.69, 9.17) is 4.74 Å². The molecule has 6 heteroatoms. The number of ether oxygens (including phenoxy) is 1. The topological polar surface area (TPSA) is 61.8 Å². The summed E-state index contributed by atoms with van der Waals surface area (Å²) in [7, 11) is 0. The van der Waals surface area contributed by atoms with Gasteiger partial charge in [-0.2, -0.15) is 0 Å². The van der Waals surface area contributed by atoms with Gasteiger partial charge in [-0.1, -0.05) is 15.9 Å². The summed E-state index contributed by atoms with van der Waals surface area (Å²) in [5, 5.41) is 12.2. The van der Waals surface area contributed by atoms with E-state index in [2.05, 4.69) is 26.1 Å². The minimum Gasteiger partial charge on any atom is -0.483 e. The summed E-state index contributed by atoms with van der Waals surface area (Å²) in [5.41, 5.74) is 2.58. The number of carbonyl (C=O) groups excluding carboxylic acids is 1. The van der Waals surface area contributed by atoms with Crippen molar-refractivity contribution in [3.63, 3.8) is 0 Å². The first kappa shape index (κ1) is 18.7. The summed E-state index contributed by atoms with van der Waals surface area (Å²) in [6, 6.07) is 13.2. The van der Waals surface area contributed by atoms with Crippen LogP contribution in [-0.4, -0.2) is 30.7 Å². The minimum absolute atomic E-state index is 0.109. The molecule has 3 rings (SSSR count). The van der Waals surface area contributed by atoms with Gasteiger partial charge in [0.15, 0.2) is 6.61 Å². The minimum atomic E-state index is -0.234. The molecule has 0 radical (unpaired) electrons. The van der Waals surface area contributed by atoms with Crippen LogP contribution in [0.3, 0.4) is 0 Å². The fraction of sp³-hybridized carbons (Fsp3) is 0.350. The van der Waals surface area contributed by atoms with Gasteiger partial charge in [-0.25, -0.2) is 0 Å². The monoisotopic (exact) mass is 418 g/mol. The highest BCUT2D eigenvalue weighted by molar-refractivity contribution is 9.10. The van der Waals surface area contributed by atoms with Gasteiger partial charge in [-0.3, -0.25) is 4.79 Å². The van der Waals surface area contributed by atoms with E-state index < -0.39 is 0 Å². The maximum atomic E-state index is 12.1. The zero-order chi connectivity index (χ0) is 18.4. The van der Waals surface area contributed by atoms with E-state index in [0.717, 1.165) is 23.2 Å². The molecule has 0 aromatic heterocycles. The first-order valence-electron chi connectivity index (χ1n) is 8.82. The van der Waals surface area contributed by atoms with Gasteiger partial charge >= 0.3 is 0 Å². The second kappa shape index (κ2) is 9.05. The molecule has 0 unspecified atom stereocenters. The standard InChI is InChI=1S/C20H23BrN2O3/c21-16-4-9-19(15(12-16)13-24)26-14-20(25)22-17-5-7-18(8-6-17)23-10-2-1-3-11-23/h4-9,12,24H,1-3,10-11,13-14H2,(H,22,25). The van der Waals surface area contributed by atoms with Gasteiger partial charge in [0, 0.05) is 34.5 Å². The van der Waals surface area contributed by atoms with E-state index in [-0.39, 0.29) is 19.1 Å². The Morgan fingerprint density at radius 1 is 1.12 bits per heavy atom. The van der Waals surface area contributed by atoms with Crippen molar-refractivity contribution in [1.82, 2.24) is 0 Å². The number of hydrogen-bond donors (Lipinski definition) is 2. The Balaban J connectivity index is 1.53. The number of piperidine rings is 1. The number of aliphatic hydroxyl groups is 1. The van der Waals surface area contributed by atoms with Crippen LogP contribution in [0.4, 0.5) is 11.4 Å². The van der Waals surface area contributed by atoms with Gasteiger partial charge < -0.3 is 20.1 Å². The largest absolute Gasteiger partial charge is 0.483 e. The molecule has 0 aliphatic carbocycles. The molecule has 26 heavy (non-hydrogen) atoms. The van der Waals surface area contributed by atoms with E-state index in [1.54, 1.807) is 12.1 Å². The van der Waals surface area contributed by atoms with Crippen molar-refractivity contribution in [3.05, 3.63) is 52.5 Å². The van der Waals surface area contributed by atoms with Crippen LogP contribution >= 0.6 is 15.9 Å². The number of benzene rings is 2. The average Bonchev–Trinajstić information content (AvgIpc) is 2.68. The lowest BCUT2D eigenvalue weighted by molar-refractivity contribution is -0.118. The third-order valence-electron chi connectivity index (χ3n) is 4.42. The second-order valence-corrected chi connectivity index (χ2v) is 7.26. The van der Waals surface area contributed by atoms with Crippen molar-refractivity contribution in [2.45, 2.75) is 25.9 Å². The van der Waals surface area contributed by atoms with Crippen LogP contribution in [0.15, 0.2) is 46.9 Å². The van der Waals surface area contributed by atoms with Crippen LogP contribution in [0.1, 0.15) is 24.8 Å². The van der Waals surface area contributed by atoms with Crippen molar-refractivity contribution in [1.29, 1.82) is 0 Å². The molecule has 0 spiro atoms. The zero-order valence-electron chi connectivity index (χ0n) is 14.6. The highest BCUT2D eigenvalue weighted by Gasteiger charge is 2.11. The van der Waals surface area contributed by atoms with Gasteiger partial charge in [0.2, 0.25) is 0 Å². The molecule has 1 aliphatic rings. The average molecular weight is 419 g/mol. The predicted molar refractivity (Wildman–Crippen MR) is 107 cm³/mol. The first-order chi connectivity index (χ1) is 12.7. The molecule has 5 nitrogen and oxygen atoms in total. The fourth-order valence-electron chi connectivity index (χ4n) is 3.06. The van der Waals surface area contributed by atoms with E-state index in [9.17, 15) is 9.90 Å². The normalized spacial score (nSPS) is 14.2. The molecule has 2 aromatic rings. The highest BCUT2D eigenvalue weighted by Crippen LogP contribution is 2.24. The number of rotatable bonds is 6. The summed E-state index contributed by atoms with van der Waals surface area (Å²) in [5.74, 6) is 0.272. The van der Waals surface area contributed by atoms with Crippen molar-refractivity contribution >= 4 is 33.2 Å². The van der Waals surface area contributed by atoms with E-state index in [0.29, 0.717) is 11.3 Å². The smallest absolute Gasteiger partial charge is 0.262 e. The number of nitrogens with zero attached hydrogens (tertiary/aromatic N) is 1. The van der Waals surface area contributed by atoms with Gasteiger partial charge in [0.05, 0.1) is 6.61 Å². The molecule has 1 aliphatic heterocycles. The molecule has 1 heterocycles. The molecular formula is C20H23BrN2O3. The van der Waals surface area contributed by atoms with Crippen molar-refractivity contribution in [2.24, 2.45) is 0 Å². The number of aliphatic hydroxyl groups excluding tert-OH is 1. The van der Waals surface area contributed by atoms with Gasteiger partial charge in [-0.15, -0.1) is 0 Å². The summed E-state index contributed by atoms with van der Waals surface area (Å²) in [6.07, 6.45) is 3.78. The second-order valence-electron chi connectivity index (χ2n) is 6.34. The van der Waals surface area contributed by atoms with Crippen molar-refractivity contribution < 1.29 is 14.6 Å². The van der Waals surface area contributed by atoms with Crippen LogP contribution in [-0.2, 0) is 11.4 Å². The molecule has 2 N–H and O–H groups in total. The van der Waals surface area contributed by atoms with Crippen LogP contribution in [0.25, 0.3) is 0 Å². The third kappa shape index (κ3) is 4.99. The third-order valence-corrected chi connectivity index (χ3v) is 4.92. The number of halogens is 1. The van der Waals surface area contributed by atoms with Crippen molar-refractivity contribution in [3.8, 4) is 5.75 Å². The van der Waals surface area contributed by atoms with E-state index in [1.165, 1.54) is 24.9 Å². The number of nitrogens with one attached hydrogen (secondary N) is 1. The van der Waals surface area contributed by atoms with Gasteiger partial charge in [0.25, 0.3) is 5.91 Å². The van der Waals surface area contributed by atoms with E-state index in [1.807, 2.05) is 30.3 Å². The highest BCUT2D eigenvalue weighted by atomic mass is 79.9. The Bertz CT molecular complexity index is 743. The molecule has 2 aromatic carbocycles. The quantitative estimate of drug-likeness (QED) is 0.745. The molecular weight excluding hydrogens is 396 g/mol. The Labute approximate surface area is 162 Å². The molecule has 0 atom stereocenters. The zero-order valence-corrected chi connectivity index (χ0v) is 16.2. The van der Waals surface area contributed by atoms with Crippen LogP contribution in [0, 0.1) is 0 Å². The molecule has 1 saturated heterocycles. The summed E-state index contributed by atoms with van der Waals surface area (Å²) in [6.45, 7) is 1.94. The summed E-state index contributed by atoms with van der Waals surface area (Å²) in [4.78, 5) is 14.5. The maximum Gasteiger partial charge on any atom is 0.262 e. The number of carbonyl (C=O) groups is 1. The van der Waals surface area contributed by atoms with Gasteiger partial charge in [-0.05, 0) is 61.7 Å². The van der Waals surface area contributed by atoms with Crippen LogP contribution < -0.4 is 15.0 Å². The number of hydrogen-bond acceptors (Lipinski definition) is 4. The van der Waals surface area contributed by atoms with Crippen LogP contribution in [0.5, 0.6) is 5.75 Å². The molecule has 0 bridgehead atoms. The molecule has 138 valence electrons. The number of anilines is 2. The first-order valence-corrected chi connectivity index (χ1v) is 9.62. The Morgan fingerprint density at radius 3 is 2.54 bits per heavy atom. The summed E-state index contributed by atoms with van der Waals surface area (Å²) >= 11 is 3.35. The lowest BCUT2D eigenvalue weighted by Gasteiger charge is -2.28. The van der Waals surface area contributed by atoms with E-state index >= 15 is 0 Å². The Morgan fingerprint density at radius 2 is 1.85 bits per heavy atom. The lowest BCUT2D eigenvalue weighted by Crippen LogP contribution is -2.29.